The Morgan fingerprint density at radius 3 is 2.25 bits per heavy atom. The largest absolute Gasteiger partial charge is 0.382 e. The molecule has 0 aromatic heterocycles. The van der Waals surface area contributed by atoms with Crippen molar-refractivity contribution in [2.24, 2.45) is 5.92 Å². The SMILES string of the molecule is CC(=O)C(C)(O)C1CCCCC1. The van der Waals surface area contributed by atoms with E-state index in [0.29, 0.717) is 0 Å². The van der Waals surface area contributed by atoms with Gasteiger partial charge in [-0.25, -0.2) is 0 Å². The van der Waals surface area contributed by atoms with Crippen LogP contribution in [0.4, 0.5) is 0 Å². The molecule has 70 valence electrons. The Bertz CT molecular complexity index is 167. The molecule has 0 radical (unpaired) electrons. The van der Waals surface area contributed by atoms with E-state index < -0.39 is 5.60 Å². The molecule has 0 amide bonds. The Morgan fingerprint density at radius 1 is 1.33 bits per heavy atom. The van der Waals surface area contributed by atoms with Crippen molar-refractivity contribution in [3.05, 3.63) is 0 Å². The van der Waals surface area contributed by atoms with Gasteiger partial charge >= 0.3 is 0 Å². The van der Waals surface area contributed by atoms with Gasteiger partial charge in [0.15, 0.2) is 5.78 Å². The lowest BCUT2D eigenvalue weighted by Gasteiger charge is -2.33. The highest BCUT2D eigenvalue weighted by Crippen LogP contribution is 2.32. The van der Waals surface area contributed by atoms with E-state index >= 15 is 0 Å². The summed E-state index contributed by atoms with van der Waals surface area (Å²) >= 11 is 0. The van der Waals surface area contributed by atoms with E-state index in [0.717, 1.165) is 25.7 Å². The molecular weight excluding hydrogens is 152 g/mol. The fourth-order valence-corrected chi connectivity index (χ4v) is 1.95. The van der Waals surface area contributed by atoms with Gasteiger partial charge in [0.05, 0.1) is 0 Å². The van der Waals surface area contributed by atoms with Crippen molar-refractivity contribution in [1.29, 1.82) is 0 Å². The Balaban J connectivity index is 2.59. The van der Waals surface area contributed by atoms with Crippen molar-refractivity contribution in [1.82, 2.24) is 0 Å². The van der Waals surface area contributed by atoms with E-state index in [2.05, 4.69) is 0 Å². The van der Waals surface area contributed by atoms with Crippen LogP contribution in [0.25, 0.3) is 0 Å². The number of carbonyl (C=O) groups is 1. The summed E-state index contributed by atoms with van der Waals surface area (Å²) in [5, 5.41) is 9.87. The Kier molecular flexibility index (Phi) is 2.89. The van der Waals surface area contributed by atoms with Gasteiger partial charge in [-0.05, 0) is 32.6 Å². The summed E-state index contributed by atoms with van der Waals surface area (Å²) in [7, 11) is 0. The van der Waals surface area contributed by atoms with Gasteiger partial charge < -0.3 is 5.11 Å². The highest BCUT2D eigenvalue weighted by Gasteiger charge is 2.36. The minimum Gasteiger partial charge on any atom is -0.382 e. The zero-order chi connectivity index (χ0) is 9.19. The Morgan fingerprint density at radius 2 is 1.83 bits per heavy atom. The zero-order valence-electron chi connectivity index (χ0n) is 7.97. The number of hydrogen-bond acceptors (Lipinski definition) is 2. The average Bonchev–Trinajstić information content (AvgIpc) is 2.06. The minimum absolute atomic E-state index is 0.0885. The molecule has 1 atom stereocenters. The van der Waals surface area contributed by atoms with Gasteiger partial charge in [0.25, 0.3) is 0 Å². The van der Waals surface area contributed by atoms with Crippen LogP contribution < -0.4 is 0 Å². The van der Waals surface area contributed by atoms with Crippen LogP contribution in [0, 0.1) is 5.92 Å². The van der Waals surface area contributed by atoms with Crippen molar-refractivity contribution in [2.45, 2.75) is 51.6 Å². The van der Waals surface area contributed by atoms with Gasteiger partial charge in [-0.1, -0.05) is 19.3 Å². The first-order valence-corrected chi connectivity index (χ1v) is 4.78. The van der Waals surface area contributed by atoms with E-state index in [9.17, 15) is 9.90 Å². The maximum Gasteiger partial charge on any atom is 0.161 e. The van der Waals surface area contributed by atoms with Crippen molar-refractivity contribution in [3.63, 3.8) is 0 Å². The molecule has 1 fully saturated rings. The summed E-state index contributed by atoms with van der Waals surface area (Å²) in [6.07, 6.45) is 5.59. The highest BCUT2D eigenvalue weighted by atomic mass is 16.3. The fraction of sp³-hybridized carbons (Fsp3) is 0.900. The summed E-state index contributed by atoms with van der Waals surface area (Å²) in [5.41, 5.74) is -1.07. The van der Waals surface area contributed by atoms with Gasteiger partial charge in [-0.3, -0.25) is 4.79 Å². The topological polar surface area (TPSA) is 37.3 Å². The average molecular weight is 170 g/mol. The van der Waals surface area contributed by atoms with E-state index in [1.54, 1.807) is 6.92 Å². The predicted octanol–water partition coefficient (Wildman–Crippen LogP) is 1.91. The summed E-state index contributed by atoms with van der Waals surface area (Å²) in [5.74, 6) is 0.109. The zero-order valence-corrected chi connectivity index (χ0v) is 7.97. The van der Waals surface area contributed by atoms with Crippen LogP contribution in [0.1, 0.15) is 46.0 Å². The fourth-order valence-electron chi connectivity index (χ4n) is 1.95. The lowest BCUT2D eigenvalue weighted by atomic mass is 9.76. The number of ketones is 1. The van der Waals surface area contributed by atoms with E-state index in [1.165, 1.54) is 13.3 Å². The van der Waals surface area contributed by atoms with Crippen LogP contribution in [0.2, 0.25) is 0 Å². The second-order valence-corrected chi connectivity index (χ2v) is 4.04. The quantitative estimate of drug-likeness (QED) is 0.687. The van der Waals surface area contributed by atoms with E-state index in [1.807, 2.05) is 0 Å². The molecule has 0 aliphatic heterocycles. The normalized spacial score (nSPS) is 24.9. The van der Waals surface area contributed by atoms with Crippen LogP contribution >= 0.6 is 0 Å². The molecule has 0 aromatic rings. The molecular formula is C10H18O2. The minimum atomic E-state index is -1.07. The number of Topliss-reactive ketones (excluding diaryl/α,β-unsaturated/α-hetero) is 1. The third kappa shape index (κ3) is 1.86. The van der Waals surface area contributed by atoms with E-state index in [-0.39, 0.29) is 11.7 Å². The first-order valence-electron chi connectivity index (χ1n) is 4.78. The summed E-state index contributed by atoms with van der Waals surface area (Å²) in [6.45, 7) is 3.14. The van der Waals surface area contributed by atoms with Crippen LogP contribution in [0.3, 0.4) is 0 Å². The van der Waals surface area contributed by atoms with Crippen molar-refractivity contribution in [3.8, 4) is 0 Å². The summed E-state index contributed by atoms with van der Waals surface area (Å²) in [6, 6.07) is 0. The standard InChI is InChI=1S/C10H18O2/c1-8(11)10(2,12)9-6-4-3-5-7-9/h9,12H,3-7H2,1-2H3. The number of rotatable bonds is 2. The predicted molar refractivity (Wildman–Crippen MR) is 47.9 cm³/mol. The summed E-state index contributed by atoms with van der Waals surface area (Å²) < 4.78 is 0. The molecule has 1 saturated carbocycles. The van der Waals surface area contributed by atoms with Crippen molar-refractivity contribution < 1.29 is 9.90 Å². The summed E-state index contributed by atoms with van der Waals surface area (Å²) in [4.78, 5) is 11.1. The van der Waals surface area contributed by atoms with Crippen molar-refractivity contribution >= 4 is 5.78 Å². The lowest BCUT2D eigenvalue weighted by molar-refractivity contribution is -0.140. The first-order chi connectivity index (χ1) is 5.55. The van der Waals surface area contributed by atoms with Gasteiger partial charge in [0.2, 0.25) is 0 Å². The highest BCUT2D eigenvalue weighted by molar-refractivity contribution is 5.84. The molecule has 0 saturated heterocycles. The Labute approximate surface area is 74.0 Å². The molecule has 0 heterocycles. The third-order valence-corrected chi connectivity index (χ3v) is 3.11. The van der Waals surface area contributed by atoms with E-state index in [4.69, 9.17) is 0 Å². The monoisotopic (exact) mass is 170 g/mol. The van der Waals surface area contributed by atoms with Gasteiger partial charge in [-0.15, -0.1) is 0 Å². The lowest BCUT2D eigenvalue weighted by Crippen LogP contribution is -2.42. The number of hydrogen-bond donors (Lipinski definition) is 1. The molecule has 0 spiro atoms. The molecule has 1 N–H and O–H groups in total. The molecule has 1 aliphatic rings. The van der Waals surface area contributed by atoms with Crippen LogP contribution in [0.15, 0.2) is 0 Å². The molecule has 0 aromatic carbocycles. The number of aliphatic hydroxyl groups is 1. The molecule has 0 bridgehead atoms. The molecule has 1 unspecified atom stereocenters. The smallest absolute Gasteiger partial charge is 0.161 e. The maximum absolute atomic E-state index is 11.1. The third-order valence-electron chi connectivity index (χ3n) is 3.11. The van der Waals surface area contributed by atoms with Crippen LogP contribution in [-0.4, -0.2) is 16.5 Å². The first kappa shape index (κ1) is 9.72. The van der Waals surface area contributed by atoms with Gasteiger partial charge in [0, 0.05) is 0 Å². The number of carbonyl (C=O) groups excluding carboxylic acids is 1. The van der Waals surface area contributed by atoms with Gasteiger partial charge in [-0.2, -0.15) is 0 Å². The van der Waals surface area contributed by atoms with Crippen LogP contribution in [-0.2, 0) is 4.79 Å². The molecule has 1 rings (SSSR count). The molecule has 1 aliphatic carbocycles. The van der Waals surface area contributed by atoms with Gasteiger partial charge in [0.1, 0.15) is 5.60 Å². The van der Waals surface area contributed by atoms with Crippen molar-refractivity contribution in [2.75, 3.05) is 0 Å². The van der Waals surface area contributed by atoms with Crippen LogP contribution in [0.5, 0.6) is 0 Å². The molecule has 12 heavy (non-hydrogen) atoms. The maximum atomic E-state index is 11.1. The second kappa shape index (κ2) is 3.56. The molecule has 2 nitrogen and oxygen atoms in total. The second-order valence-electron chi connectivity index (χ2n) is 4.04. The molecule has 2 heteroatoms. The Hall–Kier alpha value is -0.370.